The van der Waals surface area contributed by atoms with Crippen molar-refractivity contribution in [3.63, 3.8) is 0 Å². The summed E-state index contributed by atoms with van der Waals surface area (Å²) in [6.07, 6.45) is 1.90. The van der Waals surface area contributed by atoms with Crippen molar-refractivity contribution in [2.24, 2.45) is 5.73 Å². The molecule has 0 heterocycles. The lowest BCUT2D eigenvalue weighted by Gasteiger charge is -2.11. The van der Waals surface area contributed by atoms with Crippen molar-refractivity contribution in [1.29, 1.82) is 0 Å². The van der Waals surface area contributed by atoms with Gasteiger partial charge in [0.05, 0.1) is 11.3 Å². The largest absolute Gasteiger partial charge is 0.321 e. The average Bonchev–Trinajstić information content (AvgIpc) is 2.00. The molecule has 0 fully saturated rings. The van der Waals surface area contributed by atoms with E-state index in [9.17, 15) is 4.79 Å². The van der Waals surface area contributed by atoms with Gasteiger partial charge in [-0.05, 0) is 13.2 Å². The Bertz CT molecular complexity index is 106. The Morgan fingerprint density at radius 2 is 2.30 bits per heavy atom. The van der Waals surface area contributed by atoms with Crippen LogP contribution in [0.1, 0.15) is 6.92 Å². The van der Waals surface area contributed by atoms with E-state index in [1.165, 1.54) is 11.8 Å². The monoisotopic (exact) mass is 179 g/mol. The standard InChI is InChI=1S/C6H13NOS2/c1-4(10-2)6(8)5(7)3-9/h4-5,9H,3,7H2,1-2H3/t4?,5-/m0/s1. The number of thioether (sulfide) groups is 1. The minimum atomic E-state index is -0.397. The van der Waals surface area contributed by atoms with Gasteiger partial charge < -0.3 is 5.73 Å². The van der Waals surface area contributed by atoms with Crippen LogP contribution in [0.3, 0.4) is 0 Å². The van der Waals surface area contributed by atoms with Crippen molar-refractivity contribution in [3.05, 3.63) is 0 Å². The van der Waals surface area contributed by atoms with Gasteiger partial charge in [-0.25, -0.2) is 0 Å². The molecular weight excluding hydrogens is 166 g/mol. The summed E-state index contributed by atoms with van der Waals surface area (Å²) in [6, 6.07) is -0.397. The highest BCUT2D eigenvalue weighted by atomic mass is 32.2. The van der Waals surface area contributed by atoms with Crippen LogP contribution in [-0.2, 0) is 4.79 Å². The molecule has 0 amide bonds. The van der Waals surface area contributed by atoms with Gasteiger partial charge in [0, 0.05) is 5.75 Å². The maximum Gasteiger partial charge on any atom is 0.162 e. The molecule has 2 nitrogen and oxygen atoms in total. The minimum Gasteiger partial charge on any atom is -0.321 e. The zero-order valence-corrected chi connectivity index (χ0v) is 7.91. The van der Waals surface area contributed by atoms with Crippen LogP contribution in [0.25, 0.3) is 0 Å². The van der Waals surface area contributed by atoms with E-state index in [2.05, 4.69) is 12.6 Å². The lowest BCUT2D eigenvalue weighted by Crippen LogP contribution is -2.37. The highest BCUT2D eigenvalue weighted by Gasteiger charge is 2.17. The predicted molar refractivity (Wildman–Crippen MR) is 49.8 cm³/mol. The smallest absolute Gasteiger partial charge is 0.162 e. The first-order valence-corrected chi connectivity index (χ1v) is 4.98. The van der Waals surface area contributed by atoms with Crippen molar-refractivity contribution >= 4 is 30.2 Å². The maximum absolute atomic E-state index is 11.1. The summed E-state index contributed by atoms with van der Waals surface area (Å²) in [4.78, 5) is 11.1. The Kier molecular flexibility index (Phi) is 5.21. The van der Waals surface area contributed by atoms with Gasteiger partial charge in [0.1, 0.15) is 0 Å². The van der Waals surface area contributed by atoms with Crippen LogP contribution in [-0.4, -0.2) is 29.1 Å². The summed E-state index contributed by atoms with van der Waals surface area (Å²) in [6.45, 7) is 1.86. The van der Waals surface area contributed by atoms with E-state index in [1.54, 1.807) is 0 Å². The van der Waals surface area contributed by atoms with E-state index in [0.717, 1.165) is 0 Å². The van der Waals surface area contributed by atoms with Crippen LogP contribution in [0.4, 0.5) is 0 Å². The number of ketones is 1. The van der Waals surface area contributed by atoms with E-state index in [-0.39, 0.29) is 11.0 Å². The fraction of sp³-hybridized carbons (Fsp3) is 0.833. The topological polar surface area (TPSA) is 43.1 Å². The number of hydrogen-bond acceptors (Lipinski definition) is 4. The van der Waals surface area contributed by atoms with Gasteiger partial charge in [0.25, 0.3) is 0 Å². The van der Waals surface area contributed by atoms with Crippen molar-refractivity contribution in [3.8, 4) is 0 Å². The predicted octanol–water partition coefficient (Wildman–Crippen LogP) is 0.564. The van der Waals surface area contributed by atoms with Crippen LogP contribution in [0.2, 0.25) is 0 Å². The molecule has 0 radical (unpaired) electrons. The summed E-state index contributed by atoms with van der Waals surface area (Å²) in [5.74, 6) is 0.520. The number of carbonyl (C=O) groups is 1. The van der Waals surface area contributed by atoms with Gasteiger partial charge in [-0.15, -0.1) is 0 Å². The van der Waals surface area contributed by atoms with E-state index in [1.807, 2.05) is 13.2 Å². The first kappa shape index (κ1) is 10.3. The molecule has 1 unspecified atom stereocenters. The third-order valence-corrected chi connectivity index (χ3v) is 2.65. The van der Waals surface area contributed by atoms with Gasteiger partial charge in [-0.3, -0.25) is 4.79 Å². The highest BCUT2D eigenvalue weighted by molar-refractivity contribution is 7.99. The molecule has 0 aliphatic heterocycles. The molecule has 2 atom stereocenters. The number of Topliss-reactive ketones (excluding diaryl/α,β-unsaturated/α-hetero) is 1. The SMILES string of the molecule is CSC(C)C(=O)[C@@H](N)CS. The molecule has 0 spiro atoms. The summed E-state index contributed by atoms with van der Waals surface area (Å²) >= 11 is 5.45. The number of rotatable bonds is 4. The Balaban J connectivity index is 3.82. The van der Waals surface area contributed by atoms with Gasteiger partial charge in [-0.1, -0.05) is 0 Å². The quantitative estimate of drug-likeness (QED) is 0.620. The lowest BCUT2D eigenvalue weighted by atomic mass is 10.2. The number of carbonyl (C=O) groups excluding carboxylic acids is 1. The molecule has 0 saturated carbocycles. The first-order valence-electron chi connectivity index (χ1n) is 3.06. The average molecular weight is 179 g/mol. The Labute approximate surface area is 71.3 Å². The summed E-state index contributed by atoms with van der Waals surface area (Å²) in [7, 11) is 0. The van der Waals surface area contributed by atoms with Crippen LogP contribution in [0.5, 0.6) is 0 Å². The molecule has 0 aliphatic rings. The highest BCUT2D eigenvalue weighted by Crippen LogP contribution is 2.07. The Morgan fingerprint density at radius 3 is 2.60 bits per heavy atom. The second-order valence-corrected chi connectivity index (χ2v) is 3.61. The minimum absolute atomic E-state index is 0.00199. The molecule has 0 aromatic carbocycles. The van der Waals surface area contributed by atoms with Crippen molar-refractivity contribution in [2.45, 2.75) is 18.2 Å². The van der Waals surface area contributed by atoms with Gasteiger partial charge in [0.15, 0.2) is 5.78 Å². The molecule has 10 heavy (non-hydrogen) atoms. The second kappa shape index (κ2) is 5.04. The molecule has 0 aromatic heterocycles. The molecule has 0 aliphatic carbocycles. The Morgan fingerprint density at radius 1 is 1.80 bits per heavy atom. The fourth-order valence-electron chi connectivity index (χ4n) is 0.508. The summed E-state index contributed by atoms with van der Waals surface area (Å²) in [5.41, 5.74) is 5.45. The third-order valence-electron chi connectivity index (χ3n) is 1.32. The van der Waals surface area contributed by atoms with Crippen molar-refractivity contribution in [2.75, 3.05) is 12.0 Å². The molecule has 60 valence electrons. The van der Waals surface area contributed by atoms with E-state index < -0.39 is 6.04 Å². The Hall–Kier alpha value is 0.330. The lowest BCUT2D eigenvalue weighted by molar-refractivity contribution is -0.119. The molecule has 0 aromatic rings. The van der Waals surface area contributed by atoms with Gasteiger partial charge in [-0.2, -0.15) is 24.4 Å². The molecule has 2 N–H and O–H groups in total. The van der Waals surface area contributed by atoms with Crippen LogP contribution in [0.15, 0.2) is 0 Å². The third kappa shape index (κ3) is 2.94. The summed E-state index contributed by atoms with van der Waals surface area (Å²) < 4.78 is 0. The van der Waals surface area contributed by atoms with E-state index in [0.29, 0.717) is 5.75 Å². The first-order chi connectivity index (χ1) is 4.63. The van der Waals surface area contributed by atoms with Crippen LogP contribution < -0.4 is 5.73 Å². The molecular formula is C6H13NOS2. The number of nitrogens with two attached hydrogens (primary N) is 1. The number of thiol groups is 1. The normalized spacial score (nSPS) is 16.4. The van der Waals surface area contributed by atoms with Crippen LogP contribution >= 0.6 is 24.4 Å². The van der Waals surface area contributed by atoms with Gasteiger partial charge >= 0.3 is 0 Å². The van der Waals surface area contributed by atoms with Crippen LogP contribution in [0, 0.1) is 0 Å². The molecule has 0 saturated heterocycles. The fourth-order valence-corrected chi connectivity index (χ4v) is 1.09. The van der Waals surface area contributed by atoms with E-state index in [4.69, 9.17) is 5.73 Å². The zero-order valence-electron chi connectivity index (χ0n) is 6.20. The van der Waals surface area contributed by atoms with Crippen molar-refractivity contribution < 1.29 is 4.79 Å². The molecule has 0 rings (SSSR count). The molecule has 4 heteroatoms. The van der Waals surface area contributed by atoms with E-state index >= 15 is 0 Å². The summed E-state index contributed by atoms with van der Waals surface area (Å²) in [5, 5.41) is 0.00199. The second-order valence-electron chi connectivity index (χ2n) is 2.07. The van der Waals surface area contributed by atoms with Gasteiger partial charge in [0.2, 0.25) is 0 Å². The molecule has 0 bridgehead atoms. The number of hydrogen-bond donors (Lipinski definition) is 2. The van der Waals surface area contributed by atoms with Crippen molar-refractivity contribution in [1.82, 2.24) is 0 Å². The maximum atomic E-state index is 11.1. The zero-order chi connectivity index (χ0) is 8.15.